The van der Waals surface area contributed by atoms with E-state index in [0.717, 1.165) is 0 Å². The standard InChI is InChI=1S/C17H20Cl2N2O2/c1-9(2)23-15-7-5-12(10(3)21-15)17(22)16(20)11-4-6-13(18)14(19)8-11/h4-9,16-17,22H,20H2,1-3H3/t16-,17+/m0/s1. The summed E-state index contributed by atoms with van der Waals surface area (Å²) in [6.07, 6.45) is -0.871. The Morgan fingerprint density at radius 3 is 2.39 bits per heavy atom. The Bertz CT molecular complexity index is 692. The third-order valence-corrected chi connectivity index (χ3v) is 4.18. The van der Waals surface area contributed by atoms with E-state index < -0.39 is 12.1 Å². The molecule has 1 aromatic heterocycles. The van der Waals surface area contributed by atoms with Gasteiger partial charge in [0.15, 0.2) is 0 Å². The Morgan fingerprint density at radius 2 is 1.83 bits per heavy atom. The fraction of sp³-hybridized carbons (Fsp3) is 0.353. The molecule has 0 unspecified atom stereocenters. The van der Waals surface area contributed by atoms with Crippen LogP contribution in [0.2, 0.25) is 10.0 Å². The number of nitrogens with two attached hydrogens (primary N) is 1. The summed E-state index contributed by atoms with van der Waals surface area (Å²) in [6.45, 7) is 5.67. The highest BCUT2D eigenvalue weighted by Gasteiger charge is 2.22. The summed E-state index contributed by atoms with van der Waals surface area (Å²) in [5.41, 5.74) is 8.19. The van der Waals surface area contributed by atoms with Crippen LogP contribution in [0.1, 0.15) is 42.8 Å². The molecule has 2 rings (SSSR count). The molecule has 0 aliphatic heterocycles. The summed E-state index contributed by atoms with van der Waals surface area (Å²) in [7, 11) is 0. The summed E-state index contributed by atoms with van der Waals surface area (Å²) < 4.78 is 5.55. The molecule has 0 bridgehead atoms. The second kappa shape index (κ2) is 7.49. The SMILES string of the molecule is Cc1nc(OC(C)C)ccc1[C@@H](O)[C@@H](N)c1ccc(Cl)c(Cl)c1. The number of hydrogen-bond donors (Lipinski definition) is 2. The van der Waals surface area contributed by atoms with Gasteiger partial charge in [0.25, 0.3) is 0 Å². The van der Waals surface area contributed by atoms with Crippen LogP contribution in [0, 0.1) is 6.92 Å². The van der Waals surface area contributed by atoms with Crippen molar-refractivity contribution in [3.05, 3.63) is 57.2 Å². The van der Waals surface area contributed by atoms with Crippen LogP contribution >= 0.6 is 23.2 Å². The molecule has 1 aromatic carbocycles. The molecule has 0 saturated heterocycles. The van der Waals surface area contributed by atoms with Crippen molar-refractivity contribution in [3.8, 4) is 5.88 Å². The summed E-state index contributed by atoms with van der Waals surface area (Å²) in [5, 5.41) is 11.4. The third kappa shape index (κ3) is 4.36. The van der Waals surface area contributed by atoms with Crippen LogP contribution in [-0.2, 0) is 0 Å². The summed E-state index contributed by atoms with van der Waals surface area (Å²) >= 11 is 11.9. The number of aliphatic hydroxyl groups is 1. The molecule has 0 aliphatic rings. The lowest BCUT2D eigenvalue weighted by atomic mass is 9.96. The maximum absolute atomic E-state index is 10.6. The van der Waals surface area contributed by atoms with Crippen LogP contribution in [0.4, 0.5) is 0 Å². The Balaban J connectivity index is 2.25. The number of nitrogens with zero attached hydrogens (tertiary/aromatic N) is 1. The van der Waals surface area contributed by atoms with Crippen molar-refractivity contribution in [1.29, 1.82) is 0 Å². The minimum absolute atomic E-state index is 0.0381. The van der Waals surface area contributed by atoms with Crippen molar-refractivity contribution in [3.63, 3.8) is 0 Å². The van der Waals surface area contributed by atoms with E-state index in [1.807, 2.05) is 20.8 Å². The van der Waals surface area contributed by atoms with E-state index in [-0.39, 0.29) is 6.10 Å². The van der Waals surface area contributed by atoms with Gasteiger partial charge in [0.05, 0.1) is 28.3 Å². The van der Waals surface area contributed by atoms with Crippen LogP contribution in [-0.4, -0.2) is 16.2 Å². The summed E-state index contributed by atoms with van der Waals surface area (Å²) in [5.74, 6) is 0.525. The highest BCUT2D eigenvalue weighted by molar-refractivity contribution is 6.42. The lowest BCUT2D eigenvalue weighted by Crippen LogP contribution is -2.21. The zero-order chi connectivity index (χ0) is 17.1. The van der Waals surface area contributed by atoms with Gasteiger partial charge in [-0.3, -0.25) is 0 Å². The van der Waals surface area contributed by atoms with Crippen LogP contribution in [0.3, 0.4) is 0 Å². The van der Waals surface area contributed by atoms with E-state index in [0.29, 0.717) is 32.7 Å². The zero-order valence-corrected chi connectivity index (χ0v) is 14.8. The van der Waals surface area contributed by atoms with Gasteiger partial charge in [-0.05, 0) is 44.5 Å². The molecule has 2 aromatic rings. The Hall–Kier alpha value is -1.33. The smallest absolute Gasteiger partial charge is 0.213 e. The second-order valence-electron chi connectivity index (χ2n) is 5.63. The van der Waals surface area contributed by atoms with E-state index in [2.05, 4.69) is 4.98 Å². The molecule has 0 aliphatic carbocycles. The number of benzene rings is 1. The van der Waals surface area contributed by atoms with Crippen LogP contribution < -0.4 is 10.5 Å². The Labute approximate surface area is 146 Å². The normalized spacial score (nSPS) is 13.9. The first kappa shape index (κ1) is 18.0. The van der Waals surface area contributed by atoms with E-state index in [4.69, 9.17) is 33.7 Å². The average molecular weight is 355 g/mol. The van der Waals surface area contributed by atoms with E-state index in [1.54, 1.807) is 30.3 Å². The highest BCUT2D eigenvalue weighted by atomic mass is 35.5. The maximum Gasteiger partial charge on any atom is 0.213 e. The number of hydrogen-bond acceptors (Lipinski definition) is 4. The first-order valence-corrected chi connectivity index (χ1v) is 8.08. The fourth-order valence-corrected chi connectivity index (χ4v) is 2.57. The minimum atomic E-state index is -0.909. The number of aliphatic hydroxyl groups excluding tert-OH is 1. The van der Waals surface area contributed by atoms with Crippen molar-refractivity contribution in [2.75, 3.05) is 0 Å². The van der Waals surface area contributed by atoms with Gasteiger partial charge >= 0.3 is 0 Å². The monoisotopic (exact) mass is 354 g/mol. The van der Waals surface area contributed by atoms with Crippen LogP contribution in [0.15, 0.2) is 30.3 Å². The van der Waals surface area contributed by atoms with Gasteiger partial charge in [-0.2, -0.15) is 0 Å². The van der Waals surface area contributed by atoms with E-state index >= 15 is 0 Å². The molecule has 3 N–H and O–H groups in total. The average Bonchev–Trinajstić information content (AvgIpc) is 2.48. The summed E-state index contributed by atoms with van der Waals surface area (Å²) in [4.78, 5) is 4.36. The van der Waals surface area contributed by atoms with Crippen molar-refractivity contribution >= 4 is 23.2 Å². The van der Waals surface area contributed by atoms with Gasteiger partial charge in [0, 0.05) is 17.3 Å². The molecular formula is C17H20Cl2N2O2. The number of pyridine rings is 1. The first-order chi connectivity index (χ1) is 10.8. The molecule has 124 valence electrons. The van der Waals surface area contributed by atoms with E-state index in [1.165, 1.54) is 0 Å². The predicted molar refractivity (Wildman–Crippen MR) is 93.1 cm³/mol. The number of aryl methyl sites for hydroxylation is 1. The molecule has 4 nitrogen and oxygen atoms in total. The lowest BCUT2D eigenvalue weighted by molar-refractivity contribution is 0.145. The predicted octanol–water partition coefficient (Wildman–Crippen LogP) is 4.22. The summed E-state index contributed by atoms with van der Waals surface area (Å²) in [6, 6.07) is 7.95. The molecule has 0 saturated carbocycles. The zero-order valence-electron chi connectivity index (χ0n) is 13.3. The largest absolute Gasteiger partial charge is 0.475 e. The molecule has 23 heavy (non-hydrogen) atoms. The van der Waals surface area contributed by atoms with Crippen molar-refractivity contribution in [2.24, 2.45) is 5.73 Å². The van der Waals surface area contributed by atoms with Crippen molar-refractivity contribution in [1.82, 2.24) is 4.98 Å². The molecule has 0 fully saturated rings. The Kier molecular flexibility index (Phi) is 5.87. The molecule has 0 spiro atoms. The number of aromatic nitrogens is 1. The third-order valence-electron chi connectivity index (χ3n) is 3.44. The molecule has 1 heterocycles. The topological polar surface area (TPSA) is 68.4 Å². The Morgan fingerprint density at radius 1 is 1.13 bits per heavy atom. The number of ether oxygens (including phenoxy) is 1. The molecule has 0 amide bonds. The van der Waals surface area contributed by atoms with E-state index in [9.17, 15) is 5.11 Å². The quantitative estimate of drug-likeness (QED) is 0.843. The van der Waals surface area contributed by atoms with Crippen LogP contribution in [0.5, 0.6) is 5.88 Å². The molecule has 0 radical (unpaired) electrons. The molecule has 2 atom stereocenters. The maximum atomic E-state index is 10.6. The van der Waals surface area contributed by atoms with Gasteiger partial charge in [0.1, 0.15) is 0 Å². The van der Waals surface area contributed by atoms with Gasteiger partial charge in [-0.25, -0.2) is 4.98 Å². The first-order valence-electron chi connectivity index (χ1n) is 7.32. The van der Waals surface area contributed by atoms with Crippen LogP contribution in [0.25, 0.3) is 0 Å². The van der Waals surface area contributed by atoms with Gasteiger partial charge in [-0.1, -0.05) is 29.3 Å². The second-order valence-corrected chi connectivity index (χ2v) is 6.45. The van der Waals surface area contributed by atoms with Gasteiger partial charge < -0.3 is 15.6 Å². The highest BCUT2D eigenvalue weighted by Crippen LogP contribution is 2.32. The van der Waals surface area contributed by atoms with Gasteiger partial charge in [0.2, 0.25) is 5.88 Å². The lowest BCUT2D eigenvalue weighted by Gasteiger charge is -2.21. The number of rotatable bonds is 5. The fourth-order valence-electron chi connectivity index (χ4n) is 2.26. The van der Waals surface area contributed by atoms with Crippen molar-refractivity contribution < 1.29 is 9.84 Å². The molecular weight excluding hydrogens is 335 g/mol. The number of halogens is 2. The van der Waals surface area contributed by atoms with Gasteiger partial charge in [-0.15, -0.1) is 0 Å². The van der Waals surface area contributed by atoms with Crippen molar-refractivity contribution in [2.45, 2.75) is 39.0 Å². The minimum Gasteiger partial charge on any atom is -0.475 e. The molecule has 6 heteroatoms.